The molecule has 0 spiro atoms. The van der Waals surface area contributed by atoms with Crippen LogP contribution in [0.4, 0.5) is 11.4 Å². The minimum atomic E-state index is -0.748. The van der Waals surface area contributed by atoms with Gasteiger partial charge >= 0.3 is 5.97 Å². The molecule has 0 atom stereocenters. The Morgan fingerprint density at radius 2 is 1.78 bits per heavy atom. The lowest BCUT2D eigenvalue weighted by atomic mass is 10.2. The summed E-state index contributed by atoms with van der Waals surface area (Å²) >= 11 is 11.7. The van der Waals surface area contributed by atoms with Gasteiger partial charge in [0.25, 0.3) is 11.6 Å². The van der Waals surface area contributed by atoms with Crippen LogP contribution in [0.15, 0.2) is 42.5 Å². The van der Waals surface area contributed by atoms with Crippen LogP contribution in [-0.2, 0) is 9.53 Å². The number of nitro benzene ring substituents is 1. The van der Waals surface area contributed by atoms with Crippen LogP contribution in [0.2, 0.25) is 10.0 Å². The van der Waals surface area contributed by atoms with Crippen molar-refractivity contribution in [2.45, 2.75) is 0 Å². The van der Waals surface area contributed by atoms with Crippen LogP contribution in [0.5, 0.6) is 0 Å². The normalized spacial score (nSPS) is 10.1. The molecule has 0 bridgehead atoms. The number of amides is 1. The summed E-state index contributed by atoms with van der Waals surface area (Å²) in [6.07, 6.45) is 0. The molecule has 2 aromatic rings. The minimum absolute atomic E-state index is 0.00419. The van der Waals surface area contributed by atoms with Crippen LogP contribution >= 0.6 is 23.2 Å². The first kappa shape index (κ1) is 20.5. The maximum Gasteiger partial charge on any atom is 0.340 e. The molecule has 2 rings (SSSR count). The zero-order chi connectivity index (χ0) is 19.8. The van der Waals surface area contributed by atoms with Crippen molar-refractivity contribution in [1.82, 2.24) is 5.32 Å². The quantitative estimate of drug-likeness (QED) is 0.298. The second-order valence-corrected chi connectivity index (χ2v) is 6.04. The van der Waals surface area contributed by atoms with Gasteiger partial charge in [-0.15, -0.1) is 0 Å². The first-order valence-corrected chi connectivity index (χ1v) is 8.50. The predicted octanol–water partition coefficient (Wildman–Crippen LogP) is 3.29. The van der Waals surface area contributed by atoms with Gasteiger partial charge in [0.2, 0.25) is 0 Å². The zero-order valence-electron chi connectivity index (χ0n) is 13.9. The highest BCUT2D eigenvalue weighted by molar-refractivity contribution is 6.43. The van der Waals surface area contributed by atoms with Crippen molar-refractivity contribution in [3.63, 3.8) is 0 Å². The van der Waals surface area contributed by atoms with Gasteiger partial charge in [-0.2, -0.15) is 0 Å². The largest absolute Gasteiger partial charge is 0.452 e. The first-order chi connectivity index (χ1) is 12.9. The number of nitrogens with zero attached hydrogens (tertiary/aromatic N) is 1. The topological polar surface area (TPSA) is 111 Å². The number of rotatable bonds is 8. The Kier molecular flexibility index (Phi) is 7.39. The number of anilines is 1. The Balaban J connectivity index is 1.69. The lowest BCUT2D eigenvalue weighted by Gasteiger charge is -2.09. The smallest absolute Gasteiger partial charge is 0.340 e. The third-order valence-corrected chi connectivity index (χ3v) is 4.18. The minimum Gasteiger partial charge on any atom is -0.452 e. The van der Waals surface area contributed by atoms with Crippen molar-refractivity contribution in [2.24, 2.45) is 0 Å². The Labute approximate surface area is 164 Å². The van der Waals surface area contributed by atoms with E-state index in [-0.39, 0.29) is 27.8 Å². The number of ether oxygens (including phenoxy) is 1. The van der Waals surface area contributed by atoms with E-state index in [0.29, 0.717) is 12.2 Å². The number of carbonyl (C=O) groups is 2. The van der Waals surface area contributed by atoms with Crippen LogP contribution < -0.4 is 10.6 Å². The molecule has 27 heavy (non-hydrogen) atoms. The van der Waals surface area contributed by atoms with E-state index in [4.69, 9.17) is 27.9 Å². The highest BCUT2D eigenvalue weighted by Gasteiger charge is 2.15. The molecule has 0 aromatic heterocycles. The molecule has 0 radical (unpaired) electrons. The second-order valence-electron chi connectivity index (χ2n) is 5.26. The summed E-state index contributed by atoms with van der Waals surface area (Å²) < 4.78 is 4.90. The summed E-state index contributed by atoms with van der Waals surface area (Å²) in [5, 5.41) is 16.4. The highest BCUT2D eigenvalue weighted by Crippen LogP contribution is 2.25. The summed E-state index contributed by atoms with van der Waals surface area (Å²) in [4.78, 5) is 33.7. The van der Waals surface area contributed by atoms with Gasteiger partial charge in [0.05, 0.1) is 20.5 Å². The number of hydrogen-bond acceptors (Lipinski definition) is 6. The van der Waals surface area contributed by atoms with E-state index in [1.165, 1.54) is 24.3 Å². The molecule has 2 aromatic carbocycles. The SMILES string of the molecule is O=C(COC(=O)c1cccc(Cl)c1Cl)NCCNc1ccc([N+](=O)[O-])cc1. The molecule has 8 nitrogen and oxygen atoms in total. The molecule has 0 aliphatic heterocycles. The van der Waals surface area contributed by atoms with E-state index < -0.39 is 23.4 Å². The summed E-state index contributed by atoms with van der Waals surface area (Å²) in [5.41, 5.74) is 0.754. The summed E-state index contributed by atoms with van der Waals surface area (Å²) in [5.74, 6) is -1.23. The standard InChI is InChI=1S/C17H15Cl2N3O5/c18-14-3-1-2-13(16(14)19)17(24)27-10-15(23)21-9-8-20-11-4-6-12(7-5-11)22(25)26/h1-7,20H,8-10H2,(H,21,23). The van der Waals surface area contributed by atoms with Crippen molar-refractivity contribution in [3.05, 3.63) is 68.2 Å². The number of hydrogen-bond donors (Lipinski definition) is 2. The van der Waals surface area contributed by atoms with E-state index in [2.05, 4.69) is 10.6 Å². The van der Waals surface area contributed by atoms with E-state index >= 15 is 0 Å². The molecular formula is C17H15Cl2N3O5. The maximum atomic E-state index is 11.9. The van der Waals surface area contributed by atoms with Gasteiger partial charge in [0, 0.05) is 30.9 Å². The Bertz CT molecular complexity index is 843. The number of non-ortho nitro benzene ring substituents is 1. The van der Waals surface area contributed by atoms with Crippen molar-refractivity contribution in [3.8, 4) is 0 Å². The summed E-state index contributed by atoms with van der Waals surface area (Å²) in [7, 11) is 0. The number of esters is 1. The van der Waals surface area contributed by atoms with Crippen molar-refractivity contribution in [1.29, 1.82) is 0 Å². The van der Waals surface area contributed by atoms with Crippen LogP contribution in [0, 0.1) is 10.1 Å². The van der Waals surface area contributed by atoms with Crippen LogP contribution in [0.1, 0.15) is 10.4 Å². The van der Waals surface area contributed by atoms with Gasteiger partial charge in [-0.05, 0) is 24.3 Å². The Morgan fingerprint density at radius 3 is 2.44 bits per heavy atom. The molecule has 0 saturated heterocycles. The Morgan fingerprint density at radius 1 is 1.07 bits per heavy atom. The van der Waals surface area contributed by atoms with Gasteiger partial charge in [0.1, 0.15) is 0 Å². The van der Waals surface area contributed by atoms with Crippen LogP contribution in [0.3, 0.4) is 0 Å². The van der Waals surface area contributed by atoms with Gasteiger partial charge in [-0.1, -0.05) is 29.3 Å². The van der Waals surface area contributed by atoms with E-state index in [1.54, 1.807) is 18.2 Å². The molecule has 0 fully saturated rings. The van der Waals surface area contributed by atoms with E-state index in [9.17, 15) is 19.7 Å². The average molecular weight is 412 g/mol. The third kappa shape index (κ3) is 6.12. The zero-order valence-corrected chi connectivity index (χ0v) is 15.4. The van der Waals surface area contributed by atoms with Gasteiger partial charge in [0.15, 0.2) is 6.61 Å². The highest BCUT2D eigenvalue weighted by atomic mass is 35.5. The fraction of sp³-hybridized carbons (Fsp3) is 0.176. The first-order valence-electron chi connectivity index (χ1n) is 7.74. The molecule has 2 N–H and O–H groups in total. The third-order valence-electron chi connectivity index (χ3n) is 3.36. The molecule has 0 unspecified atom stereocenters. The molecule has 1 amide bonds. The van der Waals surface area contributed by atoms with Gasteiger partial charge in [-0.25, -0.2) is 4.79 Å². The molecule has 0 aliphatic rings. The monoisotopic (exact) mass is 411 g/mol. The second kappa shape index (κ2) is 9.75. The molecular weight excluding hydrogens is 397 g/mol. The number of nitro groups is 1. The van der Waals surface area contributed by atoms with Crippen molar-refractivity contribution < 1.29 is 19.2 Å². The van der Waals surface area contributed by atoms with E-state index in [0.717, 1.165) is 0 Å². The number of carbonyl (C=O) groups excluding carboxylic acids is 2. The summed E-state index contributed by atoms with van der Waals surface area (Å²) in [6, 6.07) is 10.4. The molecule has 142 valence electrons. The van der Waals surface area contributed by atoms with Crippen LogP contribution in [0.25, 0.3) is 0 Å². The van der Waals surface area contributed by atoms with Gasteiger partial charge < -0.3 is 15.4 Å². The fourth-order valence-corrected chi connectivity index (χ4v) is 2.41. The number of benzene rings is 2. The van der Waals surface area contributed by atoms with Crippen molar-refractivity contribution >= 4 is 46.5 Å². The predicted molar refractivity (Wildman–Crippen MR) is 101 cm³/mol. The fourth-order valence-electron chi connectivity index (χ4n) is 2.03. The van der Waals surface area contributed by atoms with Gasteiger partial charge in [-0.3, -0.25) is 14.9 Å². The molecule has 10 heteroatoms. The molecule has 0 aliphatic carbocycles. The average Bonchev–Trinajstić information content (AvgIpc) is 2.66. The number of nitrogens with one attached hydrogen (secondary N) is 2. The van der Waals surface area contributed by atoms with E-state index in [1.807, 2.05) is 0 Å². The lowest BCUT2D eigenvalue weighted by molar-refractivity contribution is -0.384. The molecule has 0 saturated carbocycles. The summed E-state index contributed by atoms with van der Waals surface area (Å²) in [6.45, 7) is 0.197. The molecule has 0 heterocycles. The Hall–Kier alpha value is -2.84. The lowest BCUT2D eigenvalue weighted by Crippen LogP contribution is -2.32. The number of halogens is 2. The van der Waals surface area contributed by atoms with Crippen LogP contribution in [-0.4, -0.2) is 36.5 Å². The van der Waals surface area contributed by atoms with Crippen molar-refractivity contribution in [2.75, 3.05) is 25.0 Å². The maximum absolute atomic E-state index is 11.9.